The van der Waals surface area contributed by atoms with E-state index in [1.54, 1.807) is 0 Å². The summed E-state index contributed by atoms with van der Waals surface area (Å²) < 4.78 is 40.6. The van der Waals surface area contributed by atoms with E-state index in [0.29, 0.717) is 32.7 Å². The first-order valence-corrected chi connectivity index (χ1v) is 11.6. The molecule has 0 bridgehead atoms. The number of hydrogen-bond donors (Lipinski definition) is 1. The lowest BCUT2D eigenvalue weighted by Gasteiger charge is -2.37. The Morgan fingerprint density at radius 2 is 1.59 bits per heavy atom. The lowest BCUT2D eigenvalue weighted by molar-refractivity contribution is -0.140. The minimum absolute atomic E-state index is 0.0116. The van der Waals surface area contributed by atoms with Crippen LogP contribution in [0.3, 0.4) is 0 Å². The Hall–Kier alpha value is -2.66. The third kappa shape index (κ3) is 4.90. The van der Waals surface area contributed by atoms with E-state index >= 15 is 0 Å². The summed E-state index contributed by atoms with van der Waals surface area (Å²) >= 11 is 0. The van der Waals surface area contributed by atoms with Crippen LogP contribution < -0.4 is 5.32 Å². The first-order valence-electron chi connectivity index (χ1n) is 11.6. The highest BCUT2D eigenvalue weighted by Gasteiger charge is 2.52. The Morgan fingerprint density at radius 1 is 0.971 bits per heavy atom. The predicted molar refractivity (Wildman–Crippen MR) is 117 cm³/mol. The topological polar surface area (TPSA) is 76.2 Å². The Bertz CT molecular complexity index is 942. The van der Waals surface area contributed by atoms with Crippen molar-refractivity contribution in [3.8, 4) is 0 Å². The van der Waals surface area contributed by atoms with Crippen molar-refractivity contribution in [3.63, 3.8) is 0 Å². The number of nitrogens with one attached hydrogen (secondary N) is 1. The fraction of sp³-hybridized carbons (Fsp3) is 0.609. The molecule has 3 aliphatic rings. The van der Waals surface area contributed by atoms with Gasteiger partial charge in [0, 0.05) is 39.3 Å². The third-order valence-corrected chi connectivity index (χ3v) is 6.92. The van der Waals surface area contributed by atoms with Crippen molar-refractivity contribution in [2.75, 3.05) is 52.5 Å². The first kappa shape index (κ1) is 24.5. The smallest absolute Gasteiger partial charge is 0.342 e. The molecule has 3 saturated heterocycles. The number of imide groups is 1. The Morgan fingerprint density at radius 3 is 2.24 bits per heavy atom. The summed E-state index contributed by atoms with van der Waals surface area (Å²) in [4.78, 5) is 45.1. The predicted octanol–water partition coefficient (Wildman–Crippen LogP) is 2.06. The van der Waals surface area contributed by atoms with E-state index in [2.05, 4.69) is 10.2 Å². The molecule has 186 valence electrons. The molecule has 11 heteroatoms. The minimum atomic E-state index is -4.65. The molecule has 1 aromatic carbocycles. The van der Waals surface area contributed by atoms with Crippen molar-refractivity contribution in [2.45, 2.75) is 37.9 Å². The van der Waals surface area contributed by atoms with Gasteiger partial charge in [-0.25, -0.2) is 9.69 Å². The van der Waals surface area contributed by atoms with Crippen LogP contribution in [-0.4, -0.2) is 89.9 Å². The molecule has 3 fully saturated rings. The van der Waals surface area contributed by atoms with Crippen molar-refractivity contribution in [3.05, 3.63) is 35.4 Å². The monoisotopic (exact) mass is 481 g/mol. The van der Waals surface area contributed by atoms with Crippen LogP contribution in [0.4, 0.5) is 18.0 Å². The number of nitrogens with zero attached hydrogens (tertiary/aromatic N) is 4. The third-order valence-electron chi connectivity index (χ3n) is 6.92. The van der Waals surface area contributed by atoms with Crippen LogP contribution in [0.1, 0.15) is 37.3 Å². The number of benzene rings is 1. The van der Waals surface area contributed by atoms with Crippen molar-refractivity contribution in [2.24, 2.45) is 0 Å². The molecule has 0 saturated carbocycles. The van der Waals surface area contributed by atoms with E-state index in [1.165, 1.54) is 25.1 Å². The lowest BCUT2D eigenvalue weighted by Crippen LogP contribution is -2.53. The van der Waals surface area contributed by atoms with E-state index in [-0.39, 0.29) is 18.1 Å². The molecule has 1 atom stereocenters. The van der Waals surface area contributed by atoms with Crippen LogP contribution in [0.5, 0.6) is 0 Å². The summed E-state index contributed by atoms with van der Waals surface area (Å²) in [6, 6.07) is 4.09. The van der Waals surface area contributed by atoms with E-state index in [0.717, 1.165) is 43.3 Å². The first-order chi connectivity index (χ1) is 16.1. The molecule has 0 unspecified atom stereocenters. The van der Waals surface area contributed by atoms with E-state index in [4.69, 9.17) is 0 Å². The van der Waals surface area contributed by atoms with Gasteiger partial charge in [0.25, 0.3) is 5.91 Å². The number of carbonyl (C=O) groups is 3. The van der Waals surface area contributed by atoms with Gasteiger partial charge in [0.05, 0.1) is 18.8 Å². The van der Waals surface area contributed by atoms with Gasteiger partial charge in [-0.2, -0.15) is 13.2 Å². The van der Waals surface area contributed by atoms with Gasteiger partial charge in [0.15, 0.2) is 0 Å². The Balaban J connectivity index is 1.36. The summed E-state index contributed by atoms with van der Waals surface area (Å²) in [5.74, 6) is -0.585. The van der Waals surface area contributed by atoms with Crippen molar-refractivity contribution >= 4 is 17.8 Å². The molecule has 0 spiro atoms. The highest BCUT2D eigenvalue weighted by molar-refractivity contribution is 6.07. The molecule has 0 radical (unpaired) electrons. The quantitative estimate of drug-likeness (QED) is 0.652. The second-order valence-electron chi connectivity index (χ2n) is 9.31. The van der Waals surface area contributed by atoms with Gasteiger partial charge in [0.1, 0.15) is 5.54 Å². The van der Waals surface area contributed by atoms with Crippen molar-refractivity contribution in [1.82, 2.24) is 24.9 Å². The van der Waals surface area contributed by atoms with Crippen molar-refractivity contribution in [1.29, 1.82) is 0 Å². The van der Waals surface area contributed by atoms with E-state index < -0.39 is 29.2 Å². The van der Waals surface area contributed by atoms with Crippen LogP contribution in [0, 0.1) is 0 Å². The maximum Gasteiger partial charge on any atom is 0.416 e. The van der Waals surface area contributed by atoms with Crippen LogP contribution in [0.25, 0.3) is 0 Å². The fourth-order valence-electron chi connectivity index (χ4n) is 4.90. The summed E-state index contributed by atoms with van der Waals surface area (Å²) in [5.41, 5.74) is -3.02. The van der Waals surface area contributed by atoms with Gasteiger partial charge in [0.2, 0.25) is 5.91 Å². The molecule has 34 heavy (non-hydrogen) atoms. The number of carbonyl (C=O) groups excluding carboxylic acids is 3. The molecule has 1 aromatic rings. The molecular formula is C23H30F3N5O3. The van der Waals surface area contributed by atoms with Crippen molar-refractivity contribution < 1.29 is 27.6 Å². The summed E-state index contributed by atoms with van der Waals surface area (Å²) in [7, 11) is 0. The number of piperidine rings is 1. The average Bonchev–Trinajstić information content (AvgIpc) is 3.04. The molecular weight excluding hydrogens is 451 g/mol. The number of hydrogen-bond acceptors (Lipinski definition) is 5. The summed E-state index contributed by atoms with van der Waals surface area (Å²) in [5, 5.41) is 2.47. The highest BCUT2D eigenvalue weighted by Crippen LogP contribution is 2.39. The normalized spacial score (nSPS) is 25.1. The SMILES string of the molecule is C[C@@]1(c2ccccc2C(F)(F)F)NC(=O)N(CN2CCN(CC(=O)N3CCCCC3)CC2)C1=O. The number of alkyl halides is 3. The summed E-state index contributed by atoms with van der Waals surface area (Å²) in [6.45, 7) is 5.56. The number of rotatable bonds is 5. The van der Waals surface area contributed by atoms with Gasteiger partial charge < -0.3 is 10.2 Å². The number of piperazine rings is 1. The second-order valence-corrected chi connectivity index (χ2v) is 9.31. The molecule has 0 aliphatic carbocycles. The van der Waals surface area contributed by atoms with Crippen LogP contribution in [0.2, 0.25) is 0 Å². The molecule has 1 N–H and O–H groups in total. The fourth-order valence-corrected chi connectivity index (χ4v) is 4.90. The Labute approximate surface area is 196 Å². The molecule has 4 amide bonds. The van der Waals surface area contributed by atoms with Crippen LogP contribution >= 0.6 is 0 Å². The number of urea groups is 1. The van der Waals surface area contributed by atoms with Crippen LogP contribution in [0.15, 0.2) is 24.3 Å². The molecule has 0 aromatic heterocycles. The van der Waals surface area contributed by atoms with Gasteiger partial charge in [-0.15, -0.1) is 0 Å². The number of halogens is 3. The van der Waals surface area contributed by atoms with E-state index in [9.17, 15) is 27.6 Å². The number of likely N-dealkylation sites (tertiary alicyclic amines) is 1. The lowest BCUT2D eigenvalue weighted by atomic mass is 9.88. The number of amides is 4. The minimum Gasteiger partial charge on any atom is -0.342 e. The summed E-state index contributed by atoms with van der Waals surface area (Å²) in [6.07, 6.45) is -1.41. The average molecular weight is 482 g/mol. The molecule has 3 aliphatic heterocycles. The molecule has 4 rings (SSSR count). The van der Waals surface area contributed by atoms with Gasteiger partial charge in [-0.05, 0) is 37.8 Å². The zero-order valence-electron chi connectivity index (χ0n) is 19.2. The highest BCUT2D eigenvalue weighted by atomic mass is 19.4. The van der Waals surface area contributed by atoms with Gasteiger partial charge >= 0.3 is 12.2 Å². The largest absolute Gasteiger partial charge is 0.416 e. The standard InChI is InChI=1S/C23H30F3N5O3/c1-22(17-7-3-4-8-18(17)23(24,25)26)20(33)31(21(34)27-22)16-29-13-11-28(12-14-29)15-19(32)30-9-5-2-6-10-30/h3-4,7-8H,2,5-6,9-16H2,1H3,(H,27,34)/t22-/m0/s1. The van der Waals surface area contributed by atoms with Gasteiger partial charge in [-0.1, -0.05) is 18.2 Å². The zero-order valence-corrected chi connectivity index (χ0v) is 19.2. The molecule has 3 heterocycles. The molecule has 8 nitrogen and oxygen atoms in total. The Kier molecular flexibility index (Phi) is 6.86. The second kappa shape index (κ2) is 9.53. The van der Waals surface area contributed by atoms with Gasteiger partial charge in [-0.3, -0.25) is 19.4 Å². The maximum absolute atomic E-state index is 13.5. The zero-order chi connectivity index (χ0) is 24.5. The van der Waals surface area contributed by atoms with Crippen LogP contribution in [-0.2, 0) is 21.3 Å². The maximum atomic E-state index is 13.5. The van der Waals surface area contributed by atoms with E-state index in [1.807, 2.05) is 9.80 Å².